The van der Waals surface area contributed by atoms with Gasteiger partial charge in [-0.25, -0.2) is 14.6 Å². The van der Waals surface area contributed by atoms with Crippen LogP contribution in [0.4, 0.5) is 0 Å². The van der Waals surface area contributed by atoms with Crippen molar-refractivity contribution in [3.8, 4) is 23.0 Å². The Hall–Kier alpha value is -4.59. The molecule has 2 aliphatic heterocycles. The zero-order valence-corrected chi connectivity index (χ0v) is 18.4. The fraction of sp³-hybridized carbons (Fsp3) is 0.115. The molecule has 0 atom stereocenters. The van der Waals surface area contributed by atoms with E-state index < -0.39 is 11.9 Å². The van der Waals surface area contributed by atoms with Crippen molar-refractivity contribution in [1.82, 2.24) is 0 Å². The highest BCUT2D eigenvalue weighted by Gasteiger charge is 2.24. The van der Waals surface area contributed by atoms with Gasteiger partial charge < -0.3 is 23.7 Å². The Morgan fingerprint density at radius 2 is 1.76 bits per heavy atom. The molecule has 0 aliphatic carbocycles. The number of rotatable bonds is 5. The molecule has 5 rings (SSSR count). The molecule has 0 aromatic heterocycles. The highest BCUT2D eigenvalue weighted by atomic mass is 16.7. The molecule has 0 saturated heterocycles. The first-order chi connectivity index (χ1) is 16.5. The van der Waals surface area contributed by atoms with Crippen molar-refractivity contribution in [1.29, 1.82) is 0 Å². The first-order valence-electron chi connectivity index (χ1n) is 10.4. The second-order valence-corrected chi connectivity index (χ2v) is 7.57. The lowest BCUT2D eigenvalue weighted by Crippen LogP contribution is -2.09. The van der Waals surface area contributed by atoms with Crippen LogP contribution >= 0.6 is 0 Å². The third-order valence-corrected chi connectivity index (χ3v) is 5.22. The van der Waals surface area contributed by atoms with E-state index in [1.54, 1.807) is 42.5 Å². The van der Waals surface area contributed by atoms with Crippen molar-refractivity contribution in [3.63, 3.8) is 0 Å². The van der Waals surface area contributed by atoms with Gasteiger partial charge >= 0.3 is 11.9 Å². The normalized spacial score (nSPS) is 15.2. The number of nitrogens with zero attached hydrogens (tertiary/aromatic N) is 1. The van der Waals surface area contributed by atoms with Crippen LogP contribution in [0.15, 0.2) is 71.4 Å². The van der Waals surface area contributed by atoms with E-state index in [1.807, 2.05) is 31.2 Å². The van der Waals surface area contributed by atoms with Gasteiger partial charge in [0.15, 0.2) is 28.7 Å². The summed E-state index contributed by atoms with van der Waals surface area (Å²) in [5.41, 5.74) is 2.90. The van der Waals surface area contributed by atoms with E-state index in [0.717, 1.165) is 5.56 Å². The van der Waals surface area contributed by atoms with E-state index in [9.17, 15) is 9.59 Å². The number of cyclic esters (lactones) is 1. The lowest BCUT2D eigenvalue weighted by molar-refractivity contribution is -0.129. The molecule has 8 heteroatoms. The summed E-state index contributed by atoms with van der Waals surface area (Å²) in [6, 6.07) is 17.2. The van der Waals surface area contributed by atoms with Gasteiger partial charge in [0, 0.05) is 5.56 Å². The van der Waals surface area contributed by atoms with Crippen molar-refractivity contribution >= 4 is 23.9 Å². The minimum atomic E-state index is -0.575. The molecule has 0 unspecified atom stereocenters. The Morgan fingerprint density at radius 3 is 2.56 bits per heavy atom. The van der Waals surface area contributed by atoms with Gasteiger partial charge in [-0.2, -0.15) is 0 Å². The second-order valence-electron chi connectivity index (χ2n) is 7.57. The summed E-state index contributed by atoms with van der Waals surface area (Å²) in [6.45, 7) is 2.09. The Balaban J connectivity index is 1.36. The average Bonchev–Trinajstić information content (AvgIpc) is 3.46. The highest BCUT2D eigenvalue weighted by molar-refractivity contribution is 6.12. The van der Waals surface area contributed by atoms with E-state index in [-0.39, 0.29) is 24.1 Å². The van der Waals surface area contributed by atoms with Gasteiger partial charge in [0.1, 0.15) is 0 Å². The van der Waals surface area contributed by atoms with Crippen LogP contribution < -0.4 is 18.9 Å². The lowest BCUT2D eigenvalue weighted by atomic mass is 10.1. The molecule has 2 aliphatic rings. The fourth-order valence-electron chi connectivity index (χ4n) is 3.43. The average molecular weight is 457 g/mol. The Kier molecular flexibility index (Phi) is 5.47. The van der Waals surface area contributed by atoms with Gasteiger partial charge in [-0.1, -0.05) is 23.8 Å². The summed E-state index contributed by atoms with van der Waals surface area (Å²) in [4.78, 5) is 29.2. The van der Waals surface area contributed by atoms with Gasteiger partial charge in [0.05, 0.1) is 12.7 Å². The zero-order chi connectivity index (χ0) is 23.7. The molecule has 170 valence electrons. The molecule has 2 heterocycles. The number of hydrogen-bond acceptors (Lipinski definition) is 8. The summed E-state index contributed by atoms with van der Waals surface area (Å²) < 4.78 is 26.8. The summed E-state index contributed by atoms with van der Waals surface area (Å²) in [6.07, 6.45) is 1.58. The van der Waals surface area contributed by atoms with E-state index >= 15 is 0 Å². The number of esters is 2. The number of carbonyl (C=O) groups excluding carboxylic acids is 2. The zero-order valence-electron chi connectivity index (χ0n) is 18.4. The lowest BCUT2D eigenvalue weighted by Gasteiger charge is -2.10. The standard InChI is InChI=1S/C26H19NO7/c1-15-3-6-17(7-4-15)24-27-19(26(29)34-24)11-16-5-9-21(22(12-16)30-2)33-25(28)18-8-10-20-23(13-18)32-14-31-20/h3-13H,14H2,1-2H3/b19-11-. The SMILES string of the molecule is COc1cc(/C=C2\N=C(c3ccc(C)cc3)OC2=O)ccc1OC(=O)c1ccc2c(c1)OCO2. The van der Waals surface area contributed by atoms with E-state index in [0.29, 0.717) is 33.9 Å². The monoisotopic (exact) mass is 457 g/mol. The number of methoxy groups -OCH3 is 1. The molecule has 0 radical (unpaired) electrons. The first-order valence-corrected chi connectivity index (χ1v) is 10.4. The maximum absolute atomic E-state index is 12.6. The number of hydrogen-bond donors (Lipinski definition) is 0. The molecule has 0 N–H and O–H groups in total. The van der Waals surface area contributed by atoms with Crippen molar-refractivity contribution in [2.75, 3.05) is 13.9 Å². The molecule has 0 amide bonds. The van der Waals surface area contributed by atoms with Gasteiger partial charge in [-0.15, -0.1) is 0 Å². The minimum Gasteiger partial charge on any atom is -0.493 e. The maximum Gasteiger partial charge on any atom is 0.363 e. The molecule has 0 spiro atoms. The molecular formula is C26H19NO7. The number of aryl methyl sites for hydroxylation is 1. The molecule has 8 nitrogen and oxygen atoms in total. The molecule has 3 aromatic carbocycles. The van der Waals surface area contributed by atoms with Crippen molar-refractivity contribution in [2.24, 2.45) is 4.99 Å². The minimum absolute atomic E-state index is 0.114. The molecule has 3 aromatic rings. The van der Waals surface area contributed by atoms with Gasteiger partial charge in [-0.3, -0.25) is 0 Å². The van der Waals surface area contributed by atoms with Gasteiger partial charge in [0.25, 0.3) is 0 Å². The van der Waals surface area contributed by atoms with Crippen LogP contribution in [0.5, 0.6) is 23.0 Å². The molecular weight excluding hydrogens is 438 g/mol. The Bertz CT molecular complexity index is 1360. The summed E-state index contributed by atoms with van der Waals surface area (Å²) in [5.74, 6) is 0.727. The summed E-state index contributed by atoms with van der Waals surface area (Å²) in [7, 11) is 1.46. The quantitative estimate of drug-likeness (QED) is 0.320. The summed E-state index contributed by atoms with van der Waals surface area (Å²) in [5, 5.41) is 0. The largest absolute Gasteiger partial charge is 0.493 e. The predicted molar refractivity (Wildman–Crippen MR) is 122 cm³/mol. The molecule has 0 bridgehead atoms. The maximum atomic E-state index is 12.6. The third kappa shape index (κ3) is 4.21. The first kappa shape index (κ1) is 21.3. The number of fused-ring (bicyclic) bond motifs is 1. The van der Waals surface area contributed by atoms with E-state index in [1.165, 1.54) is 7.11 Å². The van der Waals surface area contributed by atoms with Crippen LogP contribution in [0.2, 0.25) is 0 Å². The Morgan fingerprint density at radius 1 is 0.971 bits per heavy atom. The van der Waals surface area contributed by atoms with Crippen LogP contribution in [-0.2, 0) is 9.53 Å². The number of benzene rings is 3. The number of aliphatic imine (C=N–C) groups is 1. The topological polar surface area (TPSA) is 92.7 Å². The highest BCUT2D eigenvalue weighted by Crippen LogP contribution is 2.34. The van der Waals surface area contributed by atoms with Crippen molar-refractivity contribution < 1.29 is 33.3 Å². The van der Waals surface area contributed by atoms with Crippen molar-refractivity contribution in [2.45, 2.75) is 6.92 Å². The number of carbonyl (C=O) groups is 2. The Labute approximate surface area is 195 Å². The fourth-order valence-corrected chi connectivity index (χ4v) is 3.43. The second kappa shape index (κ2) is 8.74. The molecule has 34 heavy (non-hydrogen) atoms. The van der Waals surface area contributed by atoms with Crippen LogP contribution in [0.1, 0.15) is 27.0 Å². The van der Waals surface area contributed by atoms with Crippen LogP contribution in [0, 0.1) is 6.92 Å². The van der Waals surface area contributed by atoms with Crippen LogP contribution in [-0.4, -0.2) is 31.7 Å². The van der Waals surface area contributed by atoms with Gasteiger partial charge in [-0.05, 0) is 61.0 Å². The summed E-state index contributed by atoms with van der Waals surface area (Å²) >= 11 is 0. The number of ether oxygens (including phenoxy) is 5. The van der Waals surface area contributed by atoms with E-state index in [4.69, 9.17) is 23.7 Å². The van der Waals surface area contributed by atoms with Gasteiger partial charge in [0.2, 0.25) is 12.7 Å². The van der Waals surface area contributed by atoms with Crippen LogP contribution in [0.3, 0.4) is 0 Å². The van der Waals surface area contributed by atoms with E-state index in [2.05, 4.69) is 4.99 Å². The molecule has 0 saturated carbocycles. The van der Waals surface area contributed by atoms with Crippen molar-refractivity contribution in [3.05, 3.63) is 88.6 Å². The predicted octanol–water partition coefficient (Wildman–Crippen LogP) is 4.30. The molecule has 0 fully saturated rings. The smallest absolute Gasteiger partial charge is 0.363 e. The van der Waals surface area contributed by atoms with Crippen LogP contribution in [0.25, 0.3) is 6.08 Å². The third-order valence-electron chi connectivity index (χ3n) is 5.22.